The Bertz CT molecular complexity index is 66.3. The van der Waals surface area contributed by atoms with E-state index < -0.39 is 0 Å². The molecule has 0 amide bonds. The Hall–Kier alpha value is 0.250. The van der Waals surface area contributed by atoms with Crippen molar-refractivity contribution in [2.45, 2.75) is 26.7 Å². The largest absolute Gasteiger partial charge is 0.316 e. The molecule has 0 aromatic carbocycles. The van der Waals surface area contributed by atoms with Crippen LogP contribution in [-0.4, -0.2) is 19.0 Å². The van der Waals surface area contributed by atoms with Gasteiger partial charge in [0.15, 0.2) is 0 Å². The minimum atomic E-state index is 0.726. The third-order valence-electron chi connectivity index (χ3n) is 1.52. The molecule has 2 heteroatoms. The zero-order valence-corrected chi connectivity index (χ0v) is 7.75. The predicted octanol–water partition coefficient (Wildman–Crippen LogP) is 2.25. The first kappa shape index (κ1) is 10.2. The number of rotatable bonds is 6. The summed E-state index contributed by atoms with van der Waals surface area (Å²) in [4.78, 5) is 0. The molecule has 0 heterocycles. The van der Waals surface area contributed by atoms with Crippen molar-refractivity contribution in [3.8, 4) is 0 Å². The van der Waals surface area contributed by atoms with Crippen molar-refractivity contribution >= 4 is 11.6 Å². The zero-order chi connectivity index (χ0) is 7.82. The van der Waals surface area contributed by atoms with Gasteiger partial charge in [0, 0.05) is 5.88 Å². The summed E-state index contributed by atoms with van der Waals surface area (Å²) in [7, 11) is 0. The third-order valence-corrected chi connectivity index (χ3v) is 1.74. The fraction of sp³-hybridized carbons (Fsp3) is 1.00. The van der Waals surface area contributed by atoms with E-state index in [0.717, 1.165) is 31.3 Å². The molecule has 1 unspecified atom stereocenters. The highest BCUT2D eigenvalue weighted by molar-refractivity contribution is 6.17. The van der Waals surface area contributed by atoms with Crippen LogP contribution in [0, 0.1) is 5.92 Å². The lowest BCUT2D eigenvalue weighted by atomic mass is 10.1. The molecule has 0 aromatic rings. The van der Waals surface area contributed by atoms with Gasteiger partial charge in [0.25, 0.3) is 0 Å². The van der Waals surface area contributed by atoms with Gasteiger partial charge in [-0.15, -0.1) is 11.6 Å². The maximum atomic E-state index is 5.58. The molecule has 1 atom stereocenters. The van der Waals surface area contributed by atoms with Crippen LogP contribution in [0.2, 0.25) is 0 Å². The van der Waals surface area contributed by atoms with E-state index in [2.05, 4.69) is 19.2 Å². The van der Waals surface area contributed by atoms with Gasteiger partial charge in [-0.2, -0.15) is 0 Å². The number of halogens is 1. The molecule has 0 aliphatic heterocycles. The minimum absolute atomic E-state index is 0.726. The average Bonchev–Trinajstić information content (AvgIpc) is 1.89. The highest BCUT2D eigenvalue weighted by Crippen LogP contribution is 2.00. The summed E-state index contributed by atoms with van der Waals surface area (Å²) in [5.41, 5.74) is 0. The molecule has 0 saturated carbocycles. The zero-order valence-electron chi connectivity index (χ0n) is 6.99. The van der Waals surface area contributed by atoms with Crippen molar-refractivity contribution in [1.82, 2.24) is 5.32 Å². The summed E-state index contributed by atoms with van der Waals surface area (Å²) >= 11 is 5.58. The van der Waals surface area contributed by atoms with Crippen LogP contribution in [0.4, 0.5) is 0 Å². The van der Waals surface area contributed by atoms with Crippen molar-refractivity contribution in [3.05, 3.63) is 0 Å². The van der Waals surface area contributed by atoms with Crippen LogP contribution in [0.15, 0.2) is 0 Å². The lowest BCUT2D eigenvalue weighted by molar-refractivity contribution is 0.502. The summed E-state index contributed by atoms with van der Waals surface area (Å²) in [6.45, 7) is 6.65. The molecule has 0 radical (unpaired) electrons. The summed E-state index contributed by atoms with van der Waals surface area (Å²) in [5.74, 6) is 1.51. The highest BCUT2D eigenvalue weighted by Gasteiger charge is 1.98. The molecule has 10 heavy (non-hydrogen) atoms. The van der Waals surface area contributed by atoms with Gasteiger partial charge in [0.2, 0.25) is 0 Å². The summed E-state index contributed by atoms with van der Waals surface area (Å²) in [5, 5.41) is 3.36. The first-order valence-corrected chi connectivity index (χ1v) is 4.61. The number of nitrogens with one attached hydrogen (secondary N) is 1. The molecule has 0 aromatic heterocycles. The maximum Gasteiger partial charge on any atom is 0.0226 e. The Labute approximate surface area is 69.1 Å². The first-order valence-electron chi connectivity index (χ1n) is 4.08. The Balaban J connectivity index is 2.97. The van der Waals surface area contributed by atoms with Crippen LogP contribution >= 0.6 is 11.6 Å². The fourth-order valence-electron chi connectivity index (χ4n) is 0.814. The van der Waals surface area contributed by atoms with Crippen LogP contribution in [-0.2, 0) is 0 Å². The van der Waals surface area contributed by atoms with Gasteiger partial charge in [0.05, 0.1) is 0 Å². The monoisotopic (exact) mass is 163 g/mol. The lowest BCUT2D eigenvalue weighted by Crippen LogP contribution is -2.21. The van der Waals surface area contributed by atoms with Gasteiger partial charge in [0.1, 0.15) is 0 Å². The molecule has 0 aliphatic rings. The van der Waals surface area contributed by atoms with Crippen LogP contribution in [0.1, 0.15) is 26.7 Å². The van der Waals surface area contributed by atoms with Crippen LogP contribution < -0.4 is 5.32 Å². The van der Waals surface area contributed by atoms with Gasteiger partial charge in [-0.05, 0) is 31.8 Å². The number of hydrogen-bond acceptors (Lipinski definition) is 1. The molecule has 0 fully saturated rings. The van der Waals surface area contributed by atoms with E-state index in [4.69, 9.17) is 11.6 Å². The molecule has 62 valence electrons. The molecular weight excluding hydrogens is 146 g/mol. The Morgan fingerprint density at radius 1 is 1.50 bits per heavy atom. The summed E-state index contributed by atoms with van der Waals surface area (Å²) < 4.78 is 0. The topological polar surface area (TPSA) is 12.0 Å². The Kier molecular flexibility index (Phi) is 7.54. The van der Waals surface area contributed by atoms with Gasteiger partial charge < -0.3 is 5.32 Å². The first-order chi connectivity index (χ1) is 4.81. The minimum Gasteiger partial charge on any atom is -0.316 e. The van der Waals surface area contributed by atoms with E-state index >= 15 is 0 Å². The van der Waals surface area contributed by atoms with E-state index in [0.29, 0.717) is 0 Å². The normalized spacial score (nSPS) is 13.5. The predicted molar refractivity (Wildman–Crippen MR) is 47.7 cm³/mol. The highest BCUT2D eigenvalue weighted by atomic mass is 35.5. The van der Waals surface area contributed by atoms with E-state index in [1.807, 2.05) is 0 Å². The van der Waals surface area contributed by atoms with Crippen molar-refractivity contribution in [3.63, 3.8) is 0 Å². The van der Waals surface area contributed by atoms with Gasteiger partial charge in [-0.1, -0.05) is 13.8 Å². The standard InChI is InChI=1S/C8H18ClN/c1-3-6-10-7-8(2)4-5-9/h8,10H,3-7H2,1-2H3. The molecular formula is C8H18ClN. The van der Waals surface area contributed by atoms with Crippen molar-refractivity contribution in [1.29, 1.82) is 0 Å². The summed E-state index contributed by atoms with van der Waals surface area (Å²) in [6.07, 6.45) is 2.34. The van der Waals surface area contributed by atoms with Crippen LogP contribution in [0.3, 0.4) is 0 Å². The van der Waals surface area contributed by atoms with E-state index in [1.165, 1.54) is 6.42 Å². The lowest BCUT2D eigenvalue weighted by Gasteiger charge is -2.09. The van der Waals surface area contributed by atoms with E-state index in [9.17, 15) is 0 Å². The summed E-state index contributed by atoms with van der Waals surface area (Å²) in [6, 6.07) is 0. The van der Waals surface area contributed by atoms with E-state index in [-0.39, 0.29) is 0 Å². The average molecular weight is 164 g/mol. The number of alkyl halides is 1. The van der Waals surface area contributed by atoms with Crippen LogP contribution in [0.25, 0.3) is 0 Å². The van der Waals surface area contributed by atoms with Crippen molar-refractivity contribution in [2.75, 3.05) is 19.0 Å². The van der Waals surface area contributed by atoms with Gasteiger partial charge in [-0.3, -0.25) is 0 Å². The Morgan fingerprint density at radius 3 is 2.70 bits per heavy atom. The molecule has 0 spiro atoms. The molecule has 0 bridgehead atoms. The smallest absolute Gasteiger partial charge is 0.0226 e. The maximum absolute atomic E-state index is 5.58. The second kappa shape index (κ2) is 7.36. The molecule has 0 rings (SSSR count). The SMILES string of the molecule is CCCNCC(C)CCCl. The van der Waals surface area contributed by atoms with Crippen LogP contribution in [0.5, 0.6) is 0 Å². The van der Waals surface area contributed by atoms with Crippen molar-refractivity contribution in [2.24, 2.45) is 5.92 Å². The number of hydrogen-bond donors (Lipinski definition) is 1. The third kappa shape index (κ3) is 6.37. The Morgan fingerprint density at radius 2 is 2.20 bits per heavy atom. The molecule has 0 aliphatic carbocycles. The molecule has 1 nitrogen and oxygen atoms in total. The quantitative estimate of drug-likeness (QED) is 0.468. The van der Waals surface area contributed by atoms with Gasteiger partial charge in [-0.25, -0.2) is 0 Å². The molecule has 0 saturated heterocycles. The van der Waals surface area contributed by atoms with Crippen molar-refractivity contribution < 1.29 is 0 Å². The van der Waals surface area contributed by atoms with Gasteiger partial charge >= 0.3 is 0 Å². The second-order valence-electron chi connectivity index (χ2n) is 2.79. The molecule has 1 N–H and O–H groups in total. The van der Waals surface area contributed by atoms with E-state index in [1.54, 1.807) is 0 Å². The second-order valence-corrected chi connectivity index (χ2v) is 3.16. The fourth-order valence-corrected chi connectivity index (χ4v) is 1.19.